The number of nitrogens with one attached hydrogen (secondary N) is 1. The highest BCUT2D eigenvalue weighted by Gasteiger charge is 2.34. The molecule has 1 saturated heterocycles. The first-order valence-electron chi connectivity index (χ1n) is 7.82. The predicted octanol–water partition coefficient (Wildman–Crippen LogP) is 1.92. The number of likely N-dealkylation sites (tertiary alicyclic amines) is 1. The molecule has 7 nitrogen and oxygen atoms in total. The van der Waals surface area contributed by atoms with Crippen LogP contribution in [0.1, 0.15) is 23.2 Å². The van der Waals surface area contributed by atoms with Gasteiger partial charge in [-0.1, -0.05) is 0 Å². The zero-order valence-corrected chi connectivity index (χ0v) is 13.2. The van der Waals surface area contributed by atoms with Gasteiger partial charge in [-0.15, -0.1) is 0 Å². The number of carbonyl (C=O) groups is 2. The lowest BCUT2D eigenvalue weighted by atomic mass is 10.0. The maximum absolute atomic E-state index is 12.8. The number of amides is 3. The molecule has 0 radical (unpaired) electrons. The van der Waals surface area contributed by atoms with Crippen LogP contribution < -0.4 is 5.32 Å². The number of nitrogens with zero attached hydrogens (tertiary/aromatic N) is 3. The van der Waals surface area contributed by atoms with Gasteiger partial charge in [0.25, 0.3) is 0 Å². The molecule has 3 rings (SSSR count). The number of alkyl halides is 3. The minimum absolute atomic E-state index is 0.0681. The fraction of sp³-hybridized carbons (Fsp3) is 0.533. The van der Waals surface area contributed by atoms with Crippen molar-refractivity contribution in [1.29, 1.82) is 0 Å². The van der Waals surface area contributed by atoms with E-state index in [2.05, 4.69) is 10.3 Å². The Morgan fingerprint density at radius 2 is 2.04 bits per heavy atom. The van der Waals surface area contributed by atoms with Gasteiger partial charge in [-0.3, -0.25) is 4.98 Å². The molecule has 2 aliphatic heterocycles. The lowest BCUT2D eigenvalue weighted by molar-refractivity contribution is -0.137. The number of fused-ring (bicyclic) bond motifs is 1. The van der Waals surface area contributed by atoms with Gasteiger partial charge < -0.3 is 20.2 Å². The summed E-state index contributed by atoms with van der Waals surface area (Å²) in [7, 11) is 0. The van der Waals surface area contributed by atoms with Gasteiger partial charge in [0.05, 0.1) is 11.6 Å². The fourth-order valence-corrected chi connectivity index (χ4v) is 3.17. The summed E-state index contributed by atoms with van der Waals surface area (Å²) in [5, 5.41) is 11.1. The largest absolute Gasteiger partial charge is 0.465 e. The van der Waals surface area contributed by atoms with Crippen molar-refractivity contribution in [2.45, 2.75) is 31.6 Å². The lowest BCUT2D eigenvalue weighted by Gasteiger charge is -2.32. The highest BCUT2D eigenvalue weighted by Crippen LogP contribution is 2.31. The van der Waals surface area contributed by atoms with E-state index in [-0.39, 0.29) is 25.2 Å². The molecule has 2 N–H and O–H groups in total. The number of rotatable bonds is 1. The van der Waals surface area contributed by atoms with Crippen LogP contribution in [0, 0.1) is 0 Å². The van der Waals surface area contributed by atoms with Crippen molar-refractivity contribution >= 4 is 12.1 Å². The first-order valence-corrected chi connectivity index (χ1v) is 7.82. The summed E-state index contributed by atoms with van der Waals surface area (Å²) < 4.78 is 38.5. The molecule has 1 aromatic rings. The number of hydrogen-bond donors (Lipinski definition) is 2. The summed E-state index contributed by atoms with van der Waals surface area (Å²) in [4.78, 5) is 30.1. The Bertz CT molecular complexity index is 695. The Kier molecular flexibility index (Phi) is 4.44. The van der Waals surface area contributed by atoms with E-state index in [4.69, 9.17) is 5.11 Å². The van der Waals surface area contributed by atoms with Crippen LogP contribution in [0.15, 0.2) is 12.3 Å². The van der Waals surface area contributed by atoms with E-state index in [9.17, 15) is 22.8 Å². The Balaban J connectivity index is 1.68. The molecular formula is C15H17F3N4O3. The second-order valence-electron chi connectivity index (χ2n) is 6.16. The summed E-state index contributed by atoms with van der Waals surface area (Å²) in [6.07, 6.45) is -3.89. The Morgan fingerprint density at radius 1 is 1.28 bits per heavy atom. The third kappa shape index (κ3) is 3.77. The normalized spacial score (nSPS) is 20.4. The van der Waals surface area contributed by atoms with Gasteiger partial charge in [0, 0.05) is 44.5 Å². The monoisotopic (exact) mass is 358 g/mol. The number of halogens is 3. The zero-order chi connectivity index (χ0) is 18.2. The van der Waals surface area contributed by atoms with E-state index >= 15 is 0 Å². The summed E-state index contributed by atoms with van der Waals surface area (Å²) in [5.41, 5.74) is 0.144. The van der Waals surface area contributed by atoms with Gasteiger partial charge in [-0.05, 0) is 18.1 Å². The standard InChI is InChI=1S/C15H17F3N4O3/c16-15(17,18)10-5-9-7-21(4-2-12(9)19-6-10)14(25)22-3-1-11(8-22)20-13(23)24/h5-6,11,20H,1-4,7-8H2,(H,23,24). The van der Waals surface area contributed by atoms with Gasteiger partial charge in [-0.2, -0.15) is 13.2 Å². The number of urea groups is 1. The van der Waals surface area contributed by atoms with Crippen LogP contribution in [-0.2, 0) is 19.1 Å². The lowest BCUT2D eigenvalue weighted by Crippen LogP contribution is -2.46. The Morgan fingerprint density at radius 3 is 2.72 bits per heavy atom. The summed E-state index contributed by atoms with van der Waals surface area (Å²) in [5.74, 6) is 0. The molecule has 2 aliphatic rings. The zero-order valence-electron chi connectivity index (χ0n) is 13.2. The molecule has 1 fully saturated rings. The smallest absolute Gasteiger partial charge is 0.417 e. The number of hydrogen-bond acceptors (Lipinski definition) is 3. The molecule has 0 spiro atoms. The third-order valence-corrected chi connectivity index (χ3v) is 4.42. The summed E-state index contributed by atoms with van der Waals surface area (Å²) >= 11 is 0. The number of pyridine rings is 1. The van der Waals surface area contributed by atoms with Crippen molar-refractivity contribution < 1.29 is 27.9 Å². The molecule has 1 unspecified atom stereocenters. The highest BCUT2D eigenvalue weighted by atomic mass is 19.4. The van der Waals surface area contributed by atoms with Gasteiger partial charge in [0.2, 0.25) is 0 Å². The first-order chi connectivity index (χ1) is 11.7. The van der Waals surface area contributed by atoms with E-state index in [1.807, 2.05) is 0 Å². The molecule has 136 valence electrons. The van der Waals surface area contributed by atoms with E-state index in [1.165, 1.54) is 9.80 Å². The molecule has 1 atom stereocenters. The maximum atomic E-state index is 12.8. The second-order valence-corrected chi connectivity index (χ2v) is 6.16. The van der Waals surface area contributed by atoms with Crippen LogP contribution in [0.5, 0.6) is 0 Å². The van der Waals surface area contributed by atoms with Crippen molar-refractivity contribution in [3.05, 3.63) is 29.1 Å². The molecule has 1 aromatic heterocycles. The second kappa shape index (κ2) is 6.41. The predicted molar refractivity (Wildman–Crippen MR) is 79.9 cm³/mol. The average molecular weight is 358 g/mol. The molecular weight excluding hydrogens is 341 g/mol. The molecule has 0 aromatic carbocycles. The van der Waals surface area contributed by atoms with Gasteiger partial charge >= 0.3 is 18.3 Å². The van der Waals surface area contributed by atoms with Gasteiger partial charge in [-0.25, -0.2) is 9.59 Å². The Hall–Kier alpha value is -2.52. The van der Waals surface area contributed by atoms with E-state index in [0.717, 1.165) is 12.3 Å². The molecule has 3 heterocycles. The molecule has 0 bridgehead atoms. The Labute approximate surface area is 141 Å². The van der Waals surface area contributed by atoms with Crippen LogP contribution >= 0.6 is 0 Å². The van der Waals surface area contributed by atoms with Crippen LogP contribution in [0.2, 0.25) is 0 Å². The SMILES string of the molecule is O=C(O)NC1CCN(C(=O)N2CCc3ncc(C(F)(F)F)cc3C2)C1. The van der Waals surface area contributed by atoms with Crippen LogP contribution in [0.3, 0.4) is 0 Å². The molecule has 3 amide bonds. The minimum atomic E-state index is -4.47. The van der Waals surface area contributed by atoms with Crippen molar-refractivity contribution in [1.82, 2.24) is 20.1 Å². The molecule has 25 heavy (non-hydrogen) atoms. The molecule has 10 heteroatoms. The van der Waals surface area contributed by atoms with E-state index in [0.29, 0.717) is 37.2 Å². The highest BCUT2D eigenvalue weighted by molar-refractivity contribution is 5.75. The fourth-order valence-electron chi connectivity index (χ4n) is 3.17. The van der Waals surface area contributed by atoms with E-state index in [1.54, 1.807) is 0 Å². The minimum Gasteiger partial charge on any atom is -0.465 e. The first kappa shape index (κ1) is 17.3. The average Bonchev–Trinajstić information content (AvgIpc) is 3.00. The summed E-state index contributed by atoms with van der Waals surface area (Å²) in [6.45, 7) is 1.11. The molecule has 0 saturated carbocycles. The van der Waals surface area contributed by atoms with Crippen LogP contribution in [0.4, 0.5) is 22.8 Å². The van der Waals surface area contributed by atoms with Crippen LogP contribution in [-0.4, -0.2) is 57.7 Å². The number of carboxylic acid groups (broad SMARTS) is 1. The number of aromatic nitrogens is 1. The van der Waals surface area contributed by atoms with Gasteiger partial charge in [0.1, 0.15) is 0 Å². The van der Waals surface area contributed by atoms with Crippen LogP contribution in [0.25, 0.3) is 0 Å². The van der Waals surface area contributed by atoms with Crippen molar-refractivity contribution in [2.75, 3.05) is 19.6 Å². The van der Waals surface area contributed by atoms with E-state index < -0.39 is 17.8 Å². The number of carbonyl (C=O) groups excluding carboxylic acids is 1. The quantitative estimate of drug-likeness (QED) is 0.803. The summed E-state index contributed by atoms with van der Waals surface area (Å²) in [6, 6.07) is 0.426. The van der Waals surface area contributed by atoms with Crippen molar-refractivity contribution in [3.8, 4) is 0 Å². The maximum Gasteiger partial charge on any atom is 0.417 e. The third-order valence-electron chi connectivity index (χ3n) is 4.42. The van der Waals surface area contributed by atoms with Crippen molar-refractivity contribution in [3.63, 3.8) is 0 Å². The molecule has 0 aliphatic carbocycles. The van der Waals surface area contributed by atoms with Gasteiger partial charge in [0.15, 0.2) is 0 Å². The van der Waals surface area contributed by atoms with Crippen molar-refractivity contribution in [2.24, 2.45) is 0 Å². The topological polar surface area (TPSA) is 85.8 Å².